The Bertz CT molecular complexity index is 1430. The van der Waals surface area contributed by atoms with Gasteiger partial charge in [-0.3, -0.25) is 9.67 Å². The Kier molecular flexibility index (Phi) is 7.12. The van der Waals surface area contributed by atoms with Gasteiger partial charge >= 0.3 is 12.2 Å². The molecule has 0 fully saturated rings. The first kappa shape index (κ1) is 26.0. The maximum Gasteiger partial charge on any atom is 0.416 e. The summed E-state index contributed by atoms with van der Waals surface area (Å²) < 4.78 is 70.6. The lowest BCUT2D eigenvalue weighted by molar-refractivity contribution is -0.137. The van der Waals surface area contributed by atoms with Crippen LogP contribution in [0.2, 0.25) is 5.02 Å². The summed E-state index contributed by atoms with van der Waals surface area (Å²) >= 11 is 5.98. The van der Waals surface area contributed by atoms with Crippen molar-refractivity contribution in [3.63, 3.8) is 0 Å². The van der Waals surface area contributed by atoms with E-state index < -0.39 is 34.9 Å². The molecule has 0 radical (unpaired) electrons. The van der Waals surface area contributed by atoms with E-state index in [-0.39, 0.29) is 34.2 Å². The number of urea groups is 1. The number of nitrogens with one attached hydrogen (secondary N) is 2. The van der Waals surface area contributed by atoms with Crippen LogP contribution >= 0.6 is 11.6 Å². The molecular formula is C24H18ClF5N6O. The number of carbonyl (C=O) groups is 1. The minimum absolute atomic E-state index is 0.0352. The second kappa shape index (κ2) is 10.1. The molecule has 0 spiro atoms. The fraction of sp³-hybridized carbons (Fsp3) is 0.167. The summed E-state index contributed by atoms with van der Waals surface area (Å²) in [5.41, 5.74) is -3.33. The molecule has 0 aliphatic heterocycles. The Labute approximate surface area is 212 Å². The first-order valence-electron chi connectivity index (χ1n) is 10.6. The molecule has 0 saturated heterocycles. The molecule has 4 aromatic rings. The Morgan fingerprint density at radius 1 is 1.00 bits per heavy atom. The zero-order valence-electron chi connectivity index (χ0n) is 19.0. The fourth-order valence-electron chi connectivity index (χ4n) is 3.79. The summed E-state index contributed by atoms with van der Waals surface area (Å²) in [6.07, 6.45) is -2.71. The Balaban J connectivity index is 1.92. The third kappa shape index (κ3) is 5.85. The number of benzene rings is 2. The van der Waals surface area contributed by atoms with Gasteiger partial charge in [0, 0.05) is 25.4 Å². The number of hydrogen-bond donors (Lipinski definition) is 2. The number of aromatic nitrogens is 4. The molecule has 0 aliphatic rings. The molecule has 0 aliphatic carbocycles. The van der Waals surface area contributed by atoms with Gasteiger partial charge in [0.2, 0.25) is 0 Å². The first-order valence-corrected chi connectivity index (χ1v) is 11.0. The van der Waals surface area contributed by atoms with Crippen molar-refractivity contribution in [1.29, 1.82) is 0 Å². The van der Waals surface area contributed by atoms with E-state index in [0.29, 0.717) is 6.07 Å². The van der Waals surface area contributed by atoms with Crippen LogP contribution in [0.1, 0.15) is 22.6 Å². The standard InChI is InChI=1S/C24H18ClF5N6O/c1-36-21(32-13-33-36)11-23(20-6-5-16(25)12-31-20,14-7-15(24(28,29)30)9-18(27)8-14)35-22(37)34-19-4-2-3-17(26)10-19/h2-10,12-13H,11H2,1H3,(H2,34,35,37). The molecule has 13 heteroatoms. The van der Waals surface area contributed by atoms with E-state index >= 15 is 0 Å². The highest BCUT2D eigenvalue weighted by Gasteiger charge is 2.42. The number of pyridine rings is 1. The van der Waals surface area contributed by atoms with E-state index in [1.165, 1.54) is 47.5 Å². The summed E-state index contributed by atoms with van der Waals surface area (Å²) in [5, 5.41) is 9.26. The quantitative estimate of drug-likeness (QED) is 0.320. The maximum atomic E-state index is 14.6. The minimum atomic E-state index is -4.88. The van der Waals surface area contributed by atoms with E-state index in [1.807, 2.05) is 0 Å². The number of carbonyl (C=O) groups excluding carboxylic acids is 1. The van der Waals surface area contributed by atoms with Crippen molar-refractivity contribution in [2.24, 2.45) is 7.05 Å². The van der Waals surface area contributed by atoms with Gasteiger partial charge in [0.25, 0.3) is 0 Å². The molecule has 2 aromatic carbocycles. The van der Waals surface area contributed by atoms with Crippen LogP contribution in [0.4, 0.5) is 32.4 Å². The van der Waals surface area contributed by atoms with Gasteiger partial charge in [-0.2, -0.15) is 18.3 Å². The van der Waals surface area contributed by atoms with Crippen LogP contribution < -0.4 is 10.6 Å². The van der Waals surface area contributed by atoms with Gasteiger partial charge in [-0.25, -0.2) is 18.6 Å². The Morgan fingerprint density at radius 3 is 2.38 bits per heavy atom. The predicted molar refractivity (Wildman–Crippen MR) is 125 cm³/mol. The molecule has 2 heterocycles. The van der Waals surface area contributed by atoms with E-state index in [1.54, 1.807) is 7.05 Å². The zero-order chi connectivity index (χ0) is 26.8. The second-order valence-electron chi connectivity index (χ2n) is 8.06. The van der Waals surface area contributed by atoms with Crippen molar-refractivity contribution in [2.45, 2.75) is 18.1 Å². The molecule has 2 N–H and O–H groups in total. The van der Waals surface area contributed by atoms with Crippen molar-refractivity contribution in [2.75, 3.05) is 5.32 Å². The molecule has 1 unspecified atom stereocenters. The van der Waals surface area contributed by atoms with Crippen molar-refractivity contribution in [1.82, 2.24) is 25.1 Å². The number of hydrogen-bond acceptors (Lipinski definition) is 4. The van der Waals surface area contributed by atoms with Crippen molar-refractivity contribution in [3.05, 3.63) is 106 Å². The van der Waals surface area contributed by atoms with Crippen LogP contribution in [0.3, 0.4) is 0 Å². The van der Waals surface area contributed by atoms with E-state index in [0.717, 1.165) is 18.2 Å². The molecule has 192 valence electrons. The van der Waals surface area contributed by atoms with Gasteiger partial charge in [-0.1, -0.05) is 17.7 Å². The molecule has 1 atom stereocenters. The highest BCUT2D eigenvalue weighted by atomic mass is 35.5. The first-order chi connectivity index (χ1) is 17.5. The summed E-state index contributed by atoms with van der Waals surface area (Å²) in [5.74, 6) is -1.57. The minimum Gasteiger partial charge on any atom is -0.322 e. The topological polar surface area (TPSA) is 84.7 Å². The highest BCUT2D eigenvalue weighted by Crippen LogP contribution is 2.37. The predicted octanol–water partition coefficient (Wildman–Crippen LogP) is 5.47. The third-order valence-electron chi connectivity index (χ3n) is 5.52. The highest BCUT2D eigenvalue weighted by molar-refractivity contribution is 6.30. The summed E-state index contributed by atoms with van der Waals surface area (Å²) in [6, 6.07) is 8.81. The third-order valence-corrected chi connectivity index (χ3v) is 5.74. The molecule has 7 nitrogen and oxygen atoms in total. The number of amides is 2. The van der Waals surface area contributed by atoms with Crippen LogP contribution in [-0.2, 0) is 25.2 Å². The molecular weight excluding hydrogens is 519 g/mol. The smallest absolute Gasteiger partial charge is 0.322 e. The summed E-state index contributed by atoms with van der Waals surface area (Å²) in [7, 11) is 1.54. The molecule has 2 amide bonds. The SMILES string of the molecule is Cn1ncnc1CC(NC(=O)Nc1cccc(F)c1)(c1cc(F)cc(C(F)(F)F)c1)c1ccc(Cl)cn1. The van der Waals surface area contributed by atoms with Gasteiger partial charge in [0.1, 0.15) is 29.3 Å². The van der Waals surface area contributed by atoms with Crippen LogP contribution in [0.15, 0.2) is 67.1 Å². The van der Waals surface area contributed by atoms with Gasteiger partial charge in [0.15, 0.2) is 0 Å². The number of aryl methyl sites for hydroxylation is 1. The van der Waals surface area contributed by atoms with E-state index in [4.69, 9.17) is 11.6 Å². The summed E-state index contributed by atoms with van der Waals surface area (Å²) in [4.78, 5) is 21.5. The molecule has 37 heavy (non-hydrogen) atoms. The molecule has 2 aromatic heterocycles. The lowest BCUT2D eigenvalue weighted by Crippen LogP contribution is -2.51. The van der Waals surface area contributed by atoms with Crippen molar-refractivity contribution in [3.8, 4) is 0 Å². The maximum absolute atomic E-state index is 14.6. The number of alkyl halides is 3. The number of rotatable bonds is 6. The van der Waals surface area contributed by atoms with E-state index in [9.17, 15) is 26.7 Å². The van der Waals surface area contributed by atoms with Crippen LogP contribution in [0.25, 0.3) is 0 Å². The summed E-state index contributed by atoms with van der Waals surface area (Å²) in [6.45, 7) is 0. The van der Waals surface area contributed by atoms with Gasteiger partial charge in [-0.15, -0.1) is 0 Å². The van der Waals surface area contributed by atoms with Crippen LogP contribution in [-0.4, -0.2) is 25.8 Å². The lowest BCUT2D eigenvalue weighted by Gasteiger charge is -2.35. The largest absolute Gasteiger partial charge is 0.416 e. The Hall–Kier alpha value is -4.06. The molecule has 4 rings (SSSR count). The number of anilines is 1. The van der Waals surface area contributed by atoms with Crippen molar-refractivity contribution < 1.29 is 26.7 Å². The van der Waals surface area contributed by atoms with Gasteiger partial charge < -0.3 is 10.6 Å². The van der Waals surface area contributed by atoms with Gasteiger partial charge in [-0.05, 0) is 54.1 Å². The van der Waals surface area contributed by atoms with Crippen LogP contribution in [0, 0.1) is 11.6 Å². The molecule has 0 saturated carbocycles. The monoisotopic (exact) mass is 536 g/mol. The average Bonchev–Trinajstić information content (AvgIpc) is 3.22. The fourth-order valence-corrected chi connectivity index (χ4v) is 3.90. The van der Waals surface area contributed by atoms with Crippen LogP contribution in [0.5, 0.6) is 0 Å². The normalized spacial score (nSPS) is 13.2. The average molecular weight is 537 g/mol. The van der Waals surface area contributed by atoms with Crippen molar-refractivity contribution >= 4 is 23.3 Å². The van der Waals surface area contributed by atoms with Gasteiger partial charge in [0.05, 0.1) is 16.3 Å². The Morgan fingerprint density at radius 2 is 1.76 bits per heavy atom. The number of halogens is 6. The zero-order valence-corrected chi connectivity index (χ0v) is 19.8. The lowest BCUT2D eigenvalue weighted by atomic mass is 9.81. The van der Waals surface area contributed by atoms with E-state index in [2.05, 4.69) is 25.7 Å². The number of nitrogens with zero attached hydrogens (tertiary/aromatic N) is 4. The second-order valence-corrected chi connectivity index (χ2v) is 8.50. The molecule has 0 bridgehead atoms.